The number of alkyl halides is 4. The van der Waals surface area contributed by atoms with Crippen molar-refractivity contribution < 1.29 is 36.8 Å². The number of halogens is 4. The van der Waals surface area contributed by atoms with E-state index in [9.17, 15) is 27.5 Å². The average molecular weight is 673 g/mol. The van der Waals surface area contributed by atoms with Crippen molar-refractivity contribution in [3.63, 3.8) is 0 Å². The molecule has 1 saturated heterocycles. The van der Waals surface area contributed by atoms with Gasteiger partial charge < -0.3 is 19.6 Å². The minimum absolute atomic E-state index is 0.0886. The number of ether oxygens (including phenoxy) is 1. The van der Waals surface area contributed by atoms with E-state index in [1.807, 2.05) is 44.3 Å². The number of aromatic hydroxyl groups is 1. The highest BCUT2D eigenvalue weighted by atomic mass is 19.4. The molecule has 0 unspecified atom stereocenters. The molecule has 8 nitrogen and oxygen atoms in total. The first-order valence-electron chi connectivity index (χ1n) is 16.8. The Hall–Kier alpha value is -3.93. The van der Waals surface area contributed by atoms with Crippen LogP contribution in [0.15, 0.2) is 36.4 Å². The number of aromatic nitrogens is 1. The molecule has 4 aliphatic rings. The summed E-state index contributed by atoms with van der Waals surface area (Å²) in [6.07, 6.45) is 1.13. The molecular weight excluding hydrogens is 626 g/mol. The average Bonchev–Trinajstić information content (AvgIpc) is 3.82. The van der Waals surface area contributed by atoms with E-state index < -0.39 is 12.3 Å². The lowest BCUT2D eigenvalue weighted by molar-refractivity contribution is -0.429. The lowest BCUT2D eigenvalue weighted by Gasteiger charge is -2.37. The molecule has 48 heavy (non-hydrogen) atoms. The van der Waals surface area contributed by atoms with E-state index in [0.29, 0.717) is 45.2 Å². The van der Waals surface area contributed by atoms with Gasteiger partial charge in [-0.25, -0.2) is 14.2 Å². The summed E-state index contributed by atoms with van der Waals surface area (Å²) in [4.78, 5) is 23.2. The third kappa shape index (κ3) is 8.56. The van der Waals surface area contributed by atoms with E-state index in [1.165, 1.54) is 11.1 Å². The molecule has 1 saturated carbocycles. The smallest absolute Gasteiger partial charge is 0.386 e. The number of benzene rings is 2. The molecule has 2 aromatic carbocycles. The Balaban J connectivity index is 0.000000592. The highest BCUT2D eigenvalue weighted by Gasteiger charge is 2.47. The van der Waals surface area contributed by atoms with Crippen molar-refractivity contribution in [3.8, 4) is 11.6 Å². The fraction of sp³-hybridized carbons (Fsp3) is 0.528. The number of pyridine rings is 1. The van der Waals surface area contributed by atoms with Gasteiger partial charge in [0.1, 0.15) is 11.9 Å². The van der Waals surface area contributed by atoms with Gasteiger partial charge in [0.25, 0.3) is 0 Å². The van der Waals surface area contributed by atoms with Crippen molar-refractivity contribution in [1.29, 1.82) is 0 Å². The van der Waals surface area contributed by atoms with Crippen LogP contribution in [0.3, 0.4) is 0 Å². The van der Waals surface area contributed by atoms with Gasteiger partial charge in [-0.1, -0.05) is 32.0 Å². The number of hydrogen-bond donors (Lipinski definition) is 1. The number of phenolic OH excluding ortho intramolecular Hbond substituents is 1. The van der Waals surface area contributed by atoms with E-state index >= 15 is 0 Å². The van der Waals surface area contributed by atoms with E-state index in [2.05, 4.69) is 33.8 Å². The summed E-state index contributed by atoms with van der Waals surface area (Å²) in [7, 11) is 0. The number of rotatable bonds is 8. The second-order valence-corrected chi connectivity index (χ2v) is 13.0. The molecule has 2 fully saturated rings. The lowest BCUT2D eigenvalue weighted by Crippen LogP contribution is -2.51. The van der Waals surface area contributed by atoms with E-state index in [4.69, 9.17) is 9.72 Å². The van der Waals surface area contributed by atoms with Crippen LogP contribution in [0.2, 0.25) is 0 Å². The topological polar surface area (TPSA) is 72.2 Å². The predicted molar refractivity (Wildman–Crippen MR) is 180 cm³/mol. The van der Waals surface area contributed by atoms with Crippen LogP contribution in [0.25, 0.3) is 10.8 Å². The molecule has 4 heterocycles. The van der Waals surface area contributed by atoms with Gasteiger partial charge in [-0.05, 0) is 43.2 Å². The van der Waals surface area contributed by atoms with Gasteiger partial charge >= 0.3 is 12.6 Å². The predicted octanol–water partition coefficient (Wildman–Crippen LogP) is 6.28. The molecule has 0 atom stereocenters. The molecule has 1 N–H and O–H groups in total. The van der Waals surface area contributed by atoms with Crippen LogP contribution in [0.5, 0.6) is 11.6 Å². The number of carbonyl (C=O) groups excluding carboxylic acids is 1. The van der Waals surface area contributed by atoms with Crippen LogP contribution in [0, 0.1) is 12.3 Å². The van der Waals surface area contributed by atoms with Crippen molar-refractivity contribution in [3.05, 3.63) is 53.2 Å². The van der Waals surface area contributed by atoms with E-state index in [0.717, 1.165) is 73.1 Å². The molecule has 1 amide bonds. The van der Waals surface area contributed by atoms with Crippen LogP contribution in [-0.4, -0.2) is 97.0 Å². The van der Waals surface area contributed by atoms with Gasteiger partial charge in [0, 0.05) is 73.0 Å². The van der Waals surface area contributed by atoms with Crippen molar-refractivity contribution in [2.24, 2.45) is 5.41 Å². The second-order valence-electron chi connectivity index (χ2n) is 13.0. The number of carbonyl (C=O) groups is 1. The Kier molecular flexibility index (Phi) is 10.8. The molecular formula is C36H46F4N5O3+. The summed E-state index contributed by atoms with van der Waals surface area (Å²) >= 11 is 0. The van der Waals surface area contributed by atoms with Crippen molar-refractivity contribution >= 4 is 34.8 Å². The summed E-state index contributed by atoms with van der Waals surface area (Å²) in [5.74, 6) is 0.878. The van der Waals surface area contributed by atoms with Crippen LogP contribution in [0.4, 0.5) is 28.9 Å². The molecule has 0 radical (unpaired) electrons. The number of hydrogen-bond acceptors (Lipinski definition) is 7. The largest absolute Gasteiger partial charge is 0.508 e. The molecule has 3 aliphatic heterocycles. The summed E-state index contributed by atoms with van der Waals surface area (Å²) in [6.45, 7) is 12.3. The molecule has 260 valence electrons. The first-order valence-corrected chi connectivity index (χ1v) is 16.8. The van der Waals surface area contributed by atoms with E-state index in [-0.39, 0.29) is 18.1 Å². The third-order valence-electron chi connectivity index (χ3n) is 9.22. The minimum Gasteiger partial charge on any atom is -0.508 e. The van der Waals surface area contributed by atoms with Crippen LogP contribution < -0.4 is 14.5 Å². The van der Waals surface area contributed by atoms with Crippen LogP contribution >= 0.6 is 0 Å². The Morgan fingerprint density at radius 1 is 1.10 bits per heavy atom. The molecule has 1 aliphatic carbocycles. The number of nitrogens with zero attached hydrogens (tertiary/aromatic N) is 5. The SMILES string of the molecule is CC.CC(F)(F)F.Cc1cccc2cc(O)cc(N3CCc4c(N5CC=[N+](C=O)CC5)cc(OCC5(CN6CC(F)C6)CC5)nc4C3)c12. The number of likely N-dealkylation sites (tertiary alicyclic amines) is 1. The normalized spacial score (nSPS) is 18.8. The van der Waals surface area contributed by atoms with Crippen molar-refractivity contribution in [2.75, 3.05) is 62.2 Å². The van der Waals surface area contributed by atoms with Gasteiger partial charge in [-0.2, -0.15) is 17.7 Å². The number of aryl methyl sites for hydroxylation is 1. The van der Waals surface area contributed by atoms with Gasteiger partial charge in [-0.15, -0.1) is 0 Å². The summed E-state index contributed by atoms with van der Waals surface area (Å²) in [6, 6.07) is 11.9. The Labute approximate surface area is 279 Å². The fourth-order valence-electron chi connectivity index (χ4n) is 6.68. The summed E-state index contributed by atoms with van der Waals surface area (Å²) in [5.41, 5.74) is 5.61. The Morgan fingerprint density at radius 2 is 1.83 bits per heavy atom. The number of phenols is 1. The molecule has 0 spiro atoms. The number of fused-ring (bicyclic) bond motifs is 2. The number of amides is 1. The van der Waals surface area contributed by atoms with Gasteiger partial charge in [0.15, 0.2) is 12.8 Å². The fourth-order valence-corrected chi connectivity index (χ4v) is 6.68. The zero-order valence-corrected chi connectivity index (χ0v) is 28.2. The summed E-state index contributed by atoms with van der Waals surface area (Å²) < 4.78 is 52.6. The monoisotopic (exact) mass is 672 g/mol. The van der Waals surface area contributed by atoms with E-state index in [1.54, 1.807) is 4.58 Å². The molecule has 3 aromatic rings. The van der Waals surface area contributed by atoms with Crippen molar-refractivity contribution in [2.45, 2.75) is 65.9 Å². The minimum atomic E-state index is -4.00. The maximum absolute atomic E-state index is 13.4. The lowest BCUT2D eigenvalue weighted by atomic mass is 9.98. The Morgan fingerprint density at radius 3 is 2.46 bits per heavy atom. The Bertz CT molecular complexity index is 1630. The van der Waals surface area contributed by atoms with Crippen molar-refractivity contribution in [1.82, 2.24) is 9.88 Å². The molecule has 12 heteroatoms. The standard InChI is InChI=1S/C32H36FN5O3.C2H3F3.C2H6/c1-22-3-2-4-23-13-25(40)14-29(31(22)23)38-8-5-26-27(18-38)34-30(15-28(26)37-11-9-35(21-39)10-12-37)41-20-32(6-7-32)19-36-16-24(33)17-36;1-2(3,4)5;1-2/h2-4,9,13-15,21,24H,5-8,10-12,16-20H2,1H3;1H3;1-2H3/p+1. The molecule has 7 rings (SSSR count). The van der Waals surface area contributed by atoms with Gasteiger partial charge in [0.05, 0.1) is 31.9 Å². The highest BCUT2D eigenvalue weighted by Crippen LogP contribution is 2.47. The first-order chi connectivity index (χ1) is 22.9. The van der Waals surface area contributed by atoms with Crippen LogP contribution in [0.1, 0.15) is 50.4 Å². The maximum atomic E-state index is 13.4. The highest BCUT2D eigenvalue weighted by molar-refractivity contribution is 5.98. The molecule has 1 aromatic heterocycles. The maximum Gasteiger partial charge on any atom is 0.386 e. The van der Waals surface area contributed by atoms with Gasteiger partial charge in [-0.3, -0.25) is 4.90 Å². The number of anilines is 2. The zero-order valence-electron chi connectivity index (χ0n) is 28.2. The first kappa shape index (κ1) is 35.4. The van der Waals surface area contributed by atoms with Crippen LogP contribution in [-0.2, 0) is 17.8 Å². The second kappa shape index (κ2) is 14.7. The third-order valence-corrected chi connectivity index (χ3v) is 9.22. The summed E-state index contributed by atoms with van der Waals surface area (Å²) in [5, 5.41) is 12.7. The zero-order chi connectivity index (χ0) is 34.6. The van der Waals surface area contributed by atoms with Gasteiger partial charge in [0.2, 0.25) is 5.88 Å². The molecule has 0 bridgehead atoms. The quantitative estimate of drug-likeness (QED) is 0.172.